The maximum atomic E-state index is 6.31. The Morgan fingerprint density at radius 2 is 1.90 bits per heavy atom. The van der Waals surface area contributed by atoms with Gasteiger partial charge in [0.15, 0.2) is 0 Å². The Labute approximate surface area is 135 Å². The fraction of sp³-hybridized carbons (Fsp3) is 0.500. The van der Waals surface area contributed by atoms with Gasteiger partial charge in [-0.2, -0.15) is 0 Å². The van der Waals surface area contributed by atoms with Crippen molar-refractivity contribution in [2.75, 3.05) is 0 Å². The van der Waals surface area contributed by atoms with Gasteiger partial charge >= 0.3 is 0 Å². The normalized spacial score (nSPS) is 12.2. The minimum absolute atomic E-state index is 0.668. The van der Waals surface area contributed by atoms with Crippen molar-refractivity contribution in [1.29, 1.82) is 0 Å². The quantitative estimate of drug-likeness (QED) is 0.423. The minimum Gasteiger partial charge on any atom is -0.0996 e. The molecule has 1 atom stereocenters. The molecule has 1 unspecified atom stereocenters. The number of allylic oxidation sites excluding steroid dienone is 2. The third kappa shape index (κ3) is 5.71. The molecule has 0 bridgehead atoms. The van der Waals surface area contributed by atoms with Crippen LogP contribution in [0.2, 0.25) is 5.02 Å². The van der Waals surface area contributed by atoms with E-state index < -0.39 is 0 Å². The lowest BCUT2D eigenvalue weighted by molar-refractivity contribution is 0.487. The summed E-state index contributed by atoms with van der Waals surface area (Å²) in [5.41, 5.74) is 4.84. The second-order valence-corrected chi connectivity index (χ2v) is 6.38. The lowest BCUT2D eigenvalue weighted by Gasteiger charge is -2.18. The fourth-order valence-corrected chi connectivity index (χ4v) is 3.16. The number of rotatable bonds is 9. The Morgan fingerprint density at radius 3 is 2.48 bits per heavy atom. The van der Waals surface area contributed by atoms with Crippen molar-refractivity contribution >= 4 is 17.2 Å². The summed E-state index contributed by atoms with van der Waals surface area (Å²) in [6.45, 7) is 15.0. The molecule has 0 aromatic heterocycles. The van der Waals surface area contributed by atoms with Crippen LogP contribution in [0.3, 0.4) is 0 Å². The van der Waals surface area contributed by atoms with E-state index in [9.17, 15) is 0 Å². The maximum absolute atomic E-state index is 6.31. The van der Waals surface area contributed by atoms with Gasteiger partial charge < -0.3 is 0 Å². The average molecular weight is 305 g/mol. The SMILES string of the molecule is C=C(CCCC(CCC)C(=C)CC)c1ccc(C)cc1Cl. The monoisotopic (exact) mass is 304 g/mol. The Kier molecular flexibility index (Phi) is 7.82. The van der Waals surface area contributed by atoms with Crippen molar-refractivity contribution in [3.63, 3.8) is 0 Å². The number of halogens is 1. The zero-order chi connectivity index (χ0) is 15.8. The fourth-order valence-electron chi connectivity index (χ4n) is 2.79. The summed E-state index contributed by atoms with van der Waals surface area (Å²) in [7, 11) is 0. The highest BCUT2D eigenvalue weighted by atomic mass is 35.5. The number of hydrogen-bond acceptors (Lipinski definition) is 0. The van der Waals surface area contributed by atoms with Gasteiger partial charge in [-0.25, -0.2) is 0 Å². The maximum Gasteiger partial charge on any atom is 0.0483 e. The number of aryl methyl sites for hydroxylation is 1. The van der Waals surface area contributed by atoms with Crippen molar-refractivity contribution in [3.05, 3.63) is 53.1 Å². The highest BCUT2D eigenvalue weighted by molar-refractivity contribution is 6.32. The number of hydrogen-bond donors (Lipinski definition) is 0. The van der Waals surface area contributed by atoms with Gasteiger partial charge in [-0.05, 0) is 67.7 Å². The molecule has 1 aromatic rings. The largest absolute Gasteiger partial charge is 0.0996 e. The summed E-state index contributed by atoms with van der Waals surface area (Å²) in [5.74, 6) is 0.668. The van der Waals surface area contributed by atoms with Crippen LogP contribution in [-0.4, -0.2) is 0 Å². The Balaban J connectivity index is 2.54. The highest BCUT2D eigenvalue weighted by Gasteiger charge is 2.11. The molecule has 21 heavy (non-hydrogen) atoms. The number of benzene rings is 1. The van der Waals surface area contributed by atoms with Crippen LogP contribution in [0, 0.1) is 12.8 Å². The first-order valence-electron chi connectivity index (χ1n) is 8.11. The van der Waals surface area contributed by atoms with E-state index in [1.54, 1.807) is 0 Å². The van der Waals surface area contributed by atoms with E-state index in [2.05, 4.69) is 46.1 Å². The van der Waals surface area contributed by atoms with Gasteiger partial charge in [0.1, 0.15) is 0 Å². The van der Waals surface area contributed by atoms with E-state index in [0.29, 0.717) is 5.92 Å². The molecule has 0 nitrogen and oxygen atoms in total. The molecule has 1 heteroatoms. The minimum atomic E-state index is 0.668. The lowest BCUT2D eigenvalue weighted by Crippen LogP contribution is -2.03. The smallest absolute Gasteiger partial charge is 0.0483 e. The Morgan fingerprint density at radius 1 is 1.19 bits per heavy atom. The molecule has 0 saturated carbocycles. The summed E-state index contributed by atoms with van der Waals surface area (Å²) in [4.78, 5) is 0. The molecule has 1 rings (SSSR count). The standard InChI is InChI=1S/C20H29Cl/c1-6-9-18(16(4)7-2)11-8-10-17(5)19-13-12-15(3)14-20(19)21/h12-14,18H,4-11H2,1-3H3. The van der Waals surface area contributed by atoms with Gasteiger partial charge in [0.2, 0.25) is 0 Å². The predicted octanol–water partition coefficient (Wildman–Crippen LogP) is 7.21. The first kappa shape index (κ1) is 18.0. The van der Waals surface area contributed by atoms with E-state index in [4.69, 9.17) is 11.6 Å². The molecule has 0 N–H and O–H groups in total. The van der Waals surface area contributed by atoms with Gasteiger partial charge in [-0.1, -0.05) is 62.7 Å². The van der Waals surface area contributed by atoms with Gasteiger partial charge in [0.25, 0.3) is 0 Å². The van der Waals surface area contributed by atoms with E-state index in [0.717, 1.165) is 35.4 Å². The van der Waals surface area contributed by atoms with Crippen molar-refractivity contribution in [1.82, 2.24) is 0 Å². The molecular weight excluding hydrogens is 276 g/mol. The second kappa shape index (κ2) is 9.10. The third-order valence-electron chi connectivity index (χ3n) is 4.21. The lowest BCUT2D eigenvalue weighted by atomic mass is 9.88. The first-order chi connectivity index (χ1) is 9.99. The molecule has 116 valence electrons. The molecule has 0 radical (unpaired) electrons. The second-order valence-electron chi connectivity index (χ2n) is 5.98. The van der Waals surface area contributed by atoms with Crippen LogP contribution >= 0.6 is 11.6 Å². The van der Waals surface area contributed by atoms with E-state index in [-0.39, 0.29) is 0 Å². The van der Waals surface area contributed by atoms with E-state index >= 15 is 0 Å². The molecule has 0 fully saturated rings. The average Bonchev–Trinajstić information content (AvgIpc) is 2.45. The summed E-state index contributed by atoms with van der Waals surface area (Å²) >= 11 is 6.31. The third-order valence-corrected chi connectivity index (χ3v) is 4.52. The van der Waals surface area contributed by atoms with E-state index in [1.165, 1.54) is 30.4 Å². The molecule has 0 spiro atoms. The molecule has 0 aliphatic heterocycles. The van der Waals surface area contributed by atoms with Crippen LogP contribution in [0.4, 0.5) is 0 Å². The molecule has 1 aromatic carbocycles. The van der Waals surface area contributed by atoms with Crippen molar-refractivity contribution in [3.8, 4) is 0 Å². The molecule has 0 aliphatic carbocycles. The van der Waals surface area contributed by atoms with E-state index in [1.807, 2.05) is 6.07 Å². The van der Waals surface area contributed by atoms with Gasteiger partial charge in [-0.15, -0.1) is 0 Å². The summed E-state index contributed by atoms with van der Waals surface area (Å²) in [6.07, 6.45) is 6.96. The molecular formula is C20H29Cl. The van der Waals surface area contributed by atoms with Crippen molar-refractivity contribution in [2.24, 2.45) is 5.92 Å². The first-order valence-corrected chi connectivity index (χ1v) is 8.49. The van der Waals surface area contributed by atoms with Crippen molar-refractivity contribution < 1.29 is 0 Å². The van der Waals surface area contributed by atoms with Gasteiger partial charge in [0.05, 0.1) is 0 Å². The molecule has 0 heterocycles. The van der Waals surface area contributed by atoms with Crippen LogP contribution in [0.15, 0.2) is 36.9 Å². The van der Waals surface area contributed by atoms with Crippen LogP contribution in [-0.2, 0) is 0 Å². The van der Waals surface area contributed by atoms with Crippen LogP contribution in [0.25, 0.3) is 5.57 Å². The summed E-state index contributed by atoms with van der Waals surface area (Å²) in [6, 6.07) is 6.21. The summed E-state index contributed by atoms with van der Waals surface area (Å²) < 4.78 is 0. The van der Waals surface area contributed by atoms with Crippen molar-refractivity contribution in [2.45, 2.75) is 59.3 Å². The van der Waals surface area contributed by atoms with Gasteiger partial charge in [0, 0.05) is 5.02 Å². The highest BCUT2D eigenvalue weighted by Crippen LogP contribution is 2.30. The molecule has 0 aliphatic rings. The molecule has 0 amide bonds. The van der Waals surface area contributed by atoms with Crippen LogP contribution < -0.4 is 0 Å². The van der Waals surface area contributed by atoms with Crippen LogP contribution in [0.5, 0.6) is 0 Å². The Bertz CT molecular complexity index is 485. The predicted molar refractivity (Wildman–Crippen MR) is 96.9 cm³/mol. The van der Waals surface area contributed by atoms with Crippen LogP contribution in [0.1, 0.15) is 63.5 Å². The zero-order valence-electron chi connectivity index (χ0n) is 13.8. The zero-order valence-corrected chi connectivity index (χ0v) is 14.6. The van der Waals surface area contributed by atoms with Gasteiger partial charge in [-0.3, -0.25) is 0 Å². The topological polar surface area (TPSA) is 0 Å². The Hall–Kier alpha value is -1.01. The summed E-state index contributed by atoms with van der Waals surface area (Å²) in [5, 5.41) is 0.822. The molecule has 0 saturated heterocycles.